The number of hydrogen-bond acceptors (Lipinski definition) is 1. The highest BCUT2D eigenvalue weighted by molar-refractivity contribution is 5.84. The lowest BCUT2D eigenvalue weighted by Gasteiger charge is -2.32. The molecule has 0 atom stereocenters. The number of rotatable bonds is 4. The Balaban J connectivity index is 1.36. The zero-order chi connectivity index (χ0) is 18.8. The molecular formula is C23H25FN2O. The van der Waals surface area contributed by atoms with E-state index in [1.165, 1.54) is 34.3 Å². The summed E-state index contributed by atoms with van der Waals surface area (Å²) in [5.74, 6) is 0.413. The van der Waals surface area contributed by atoms with Crippen LogP contribution in [-0.2, 0) is 17.6 Å². The summed E-state index contributed by atoms with van der Waals surface area (Å²) < 4.78 is 13.3. The van der Waals surface area contributed by atoms with Crippen LogP contribution >= 0.6 is 0 Å². The Labute approximate surface area is 159 Å². The lowest BCUT2D eigenvalue weighted by molar-refractivity contribution is -0.131. The largest absolute Gasteiger partial charge is 0.358 e. The van der Waals surface area contributed by atoms with Gasteiger partial charge in [0.25, 0.3) is 0 Å². The number of aryl methyl sites for hydroxylation is 1. The van der Waals surface area contributed by atoms with E-state index in [-0.39, 0.29) is 18.1 Å². The van der Waals surface area contributed by atoms with E-state index in [9.17, 15) is 9.18 Å². The first-order valence-electron chi connectivity index (χ1n) is 9.68. The minimum absolute atomic E-state index is 0.0994. The molecule has 3 nitrogen and oxygen atoms in total. The van der Waals surface area contributed by atoms with Crippen LogP contribution in [0.25, 0.3) is 10.9 Å². The third-order valence-corrected chi connectivity index (χ3v) is 5.73. The normalized spacial score (nSPS) is 15.4. The Morgan fingerprint density at radius 3 is 2.70 bits per heavy atom. The highest BCUT2D eigenvalue weighted by Gasteiger charge is 2.24. The van der Waals surface area contributed by atoms with Crippen LogP contribution in [0, 0.1) is 18.7 Å². The number of carbonyl (C=O) groups is 1. The van der Waals surface area contributed by atoms with E-state index >= 15 is 0 Å². The van der Waals surface area contributed by atoms with Crippen molar-refractivity contribution in [2.45, 2.75) is 32.6 Å². The zero-order valence-electron chi connectivity index (χ0n) is 15.7. The number of likely N-dealkylation sites (tertiary alicyclic amines) is 1. The molecule has 4 rings (SSSR count). The van der Waals surface area contributed by atoms with Crippen LogP contribution in [0.1, 0.15) is 29.7 Å². The minimum atomic E-state index is -0.284. The number of nitrogens with zero attached hydrogens (tertiary/aromatic N) is 1. The van der Waals surface area contributed by atoms with E-state index in [1.54, 1.807) is 6.07 Å². The van der Waals surface area contributed by atoms with E-state index in [1.807, 2.05) is 11.0 Å². The van der Waals surface area contributed by atoms with Crippen molar-refractivity contribution in [2.75, 3.05) is 13.1 Å². The summed E-state index contributed by atoms with van der Waals surface area (Å²) in [6.07, 6.45) is 3.38. The molecule has 2 aromatic carbocycles. The van der Waals surface area contributed by atoms with Crippen molar-refractivity contribution in [3.63, 3.8) is 0 Å². The molecule has 1 N–H and O–H groups in total. The number of aromatic nitrogens is 1. The highest BCUT2D eigenvalue weighted by atomic mass is 19.1. The van der Waals surface area contributed by atoms with E-state index in [4.69, 9.17) is 0 Å². The van der Waals surface area contributed by atoms with Crippen molar-refractivity contribution < 1.29 is 9.18 Å². The second-order valence-corrected chi connectivity index (χ2v) is 7.61. The summed E-state index contributed by atoms with van der Waals surface area (Å²) in [5, 5.41) is 1.32. The van der Waals surface area contributed by atoms with Crippen LogP contribution in [0.5, 0.6) is 0 Å². The van der Waals surface area contributed by atoms with Gasteiger partial charge < -0.3 is 9.88 Å². The molecule has 2 heterocycles. The number of piperidine rings is 1. The molecule has 1 aliphatic rings. The molecule has 0 bridgehead atoms. The summed E-state index contributed by atoms with van der Waals surface area (Å²) >= 11 is 0. The molecule has 1 aliphatic heterocycles. The van der Waals surface area contributed by atoms with Crippen molar-refractivity contribution in [3.05, 3.63) is 71.2 Å². The number of amides is 1. The number of nitrogens with one attached hydrogen (secondary N) is 1. The first kappa shape index (κ1) is 17.8. The van der Waals surface area contributed by atoms with Gasteiger partial charge in [-0.25, -0.2) is 4.39 Å². The summed E-state index contributed by atoms with van der Waals surface area (Å²) in [4.78, 5) is 17.9. The van der Waals surface area contributed by atoms with Gasteiger partial charge in [-0.05, 0) is 61.4 Å². The maximum atomic E-state index is 13.3. The Hall–Kier alpha value is -2.62. The fourth-order valence-electron chi connectivity index (χ4n) is 4.21. The molecular weight excluding hydrogens is 339 g/mol. The van der Waals surface area contributed by atoms with Gasteiger partial charge >= 0.3 is 0 Å². The van der Waals surface area contributed by atoms with Gasteiger partial charge in [-0.2, -0.15) is 0 Å². The summed E-state index contributed by atoms with van der Waals surface area (Å²) in [6.45, 7) is 3.73. The number of benzene rings is 2. The Morgan fingerprint density at radius 2 is 1.93 bits per heavy atom. The van der Waals surface area contributed by atoms with Crippen molar-refractivity contribution in [1.82, 2.24) is 9.88 Å². The summed E-state index contributed by atoms with van der Waals surface area (Å²) in [6, 6.07) is 14.8. The lowest BCUT2D eigenvalue weighted by atomic mass is 9.89. The summed E-state index contributed by atoms with van der Waals surface area (Å²) in [5.41, 5.74) is 4.61. The fraction of sp³-hybridized carbons (Fsp3) is 0.348. The lowest BCUT2D eigenvalue weighted by Crippen LogP contribution is -2.39. The second-order valence-electron chi connectivity index (χ2n) is 7.61. The highest BCUT2D eigenvalue weighted by Crippen LogP contribution is 2.28. The average Bonchev–Trinajstić information content (AvgIpc) is 2.98. The van der Waals surface area contributed by atoms with Crippen LogP contribution in [0.3, 0.4) is 0 Å². The first-order valence-corrected chi connectivity index (χ1v) is 9.68. The number of halogens is 1. The number of hydrogen-bond donors (Lipinski definition) is 1. The zero-order valence-corrected chi connectivity index (χ0v) is 15.7. The fourth-order valence-corrected chi connectivity index (χ4v) is 4.21. The summed E-state index contributed by atoms with van der Waals surface area (Å²) in [7, 11) is 0. The molecule has 0 saturated carbocycles. The topological polar surface area (TPSA) is 36.1 Å². The van der Waals surface area contributed by atoms with E-state index in [0.29, 0.717) is 5.92 Å². The third kappa shape index (κ3) is 3.90. The number of H-pyrrole nitrogens is 1. The van der Waals surface area contributed by atoms with Gasteiger partial charge in [-0.1, -0.05) is 30.3 Å². The van der Waals surface area contributed by atoms with E-state index < -0.39 is 0 Å². The smallest absolute Gasteiger partial charge is 0.226 e. The molecule has 1 fully saturated rings. The van der Waals surface area contributed by atoms with E-state index in [2.05, 4.69) is 36.2 Å². The van der Waals surface area contributed by atoms with Gasteiger partial charge in [0.1, 0.15) is 5.82 Å². The minimum Gasteiger partial charge on any atom is -0.358 e. The monoisotopic (exact) mass is 364 g/mol. The number of aromatic amines is 1. The van der Waals surface area contributed by atoms with Crippen molar-refractivity contribution >= 4 is 16.8 Å². The van der Waals surface area contributed by atoms with Gasteiger partial charge in [0.15, 0.2) is 0 Å². The van der Waals surface area contributed by atoms with Crippen LogP contribution < -0.4 is 0 Å². The molecule has 140 valence electrons. The molecule has 0 aliphatic carbocycles. The van der Waals surface area contributed by atoms with Gasteiger partial charge in [-0.3, -0.25) is 4.79 Å². The van der Waals surface area contributed by atoms with E-state index in [0.717, 1.165) is 37.9 Å². The molecule has 27 heavy (non-hydrogen) atoms. The van der Waals surface area contributed by atoms with Crippen LogP contribution in [0.4, 0.5) is 4.39 Å². The van der Waals surface area contributed by atoms with Gasteiger partial charge in [0.05, 0.1) is 6.42 Å². The second kappa shape index (κ2) is 7.55. The van der Waals surface area contributed by atoms with Crippen molar-refractivity contribution in [1.29, 1.82) is 0 Å². The predicted octanol–water partition coefficient (Wildman–Crippen LogP) is 4.64. The van der Waals surface area contributed by atoms with Gasteiger partial charge in [0, 0.05) is 29.7 Å². The molecule has 0 radical (unpaired) electrons. The molecule has 3 aromatic rings. The Kier molecular flexibility index (Phi) is 4.97. The van der Waals surface area contributed by atoms with Gasteiger partial charge in [0.2, 0.25) is 5.91 Å². The SMILES string of the molecule is Cc1[nH]c2ccccc2c1CC1CCN(C(=O)Cc2cccc(F)c2)CC1. The van der Waals surface area contributed by atoms with Crippen molar-refractivity contribution in [3.8, 4) is 0 Å². The standard InChI is InChI=1S/C23H25FN2O/c1-16-21(20-7-2-3-8-22(20)25-16)14-17-9-11-26(12-10-17)23(27)15-18-5-4-6-19(24)13-18/h2-8,13,17,25H,9-12,14-15H2,1H3. The van der Waals surface area contributed by atoms with Crippen LogP contribution in [0.15, 0.2) is 48.5 Å². The van der Waals surface area contributed by atoms with Crippen LogP contribution in [0.2, 0.25) is 0 Å². The van der Waals surface area contributed by atoms with Crippen molar-refractivity contribution in [2.24, 2.45) is 5.92 Å². The average molecular weight is 364 g/mol. The quantitative estimate of drug-likeness (QED) is 0.719. The molecule has 1 aromatic heterocycles. The molecule has 0 unspecified atom stereocenters. The molecule has 4 heteroatoms. The number of carbonyl (C=O) groups excluding carboxylic acids is 1. The maximum Gasteiger partial charge on any atom is 0.226 e. The maximum absolute atomic E-state index is 13.3. The molecule has 1 amide bonds. The predicted molar refractivity (Wildman–Crippen MR) is 106 cm³/mol. The van der Waals surface area contributed by atoms with Crippen LogP contribution in [-0.4, -0.2) is 28.9 Å². The number of fused-ring (bicyclic) bond motifs is 1. The number of para-hydroxylation sites is 1. The first-order chi connectivity index (χ1) is 13.1. The Morgan fingerprint density at radius 1 is 1.15 bits per heavy atom. The molecule has 0 spiro atoms. The Bertz CT molecular complexity index is 954. The third-order valence-electron chi connectivity index (χ3n) is 5.73. The molecule has 1 saturated heterocycles. The van der Waals surface area contributed by atoms with Gasteiger partial charge in [-0.15, -0.1) is 0 Å².